The molecule has 0 unspecified atom stereocenters. The lowest BCUT2D eigenvalue weighted by Crippen LogP contribution is -2.44. The van der Waals surface area contributed by atoms with Crippen LogP contribution in [0.25, 0.3) is 0 Å². The van der Waals surface area contributed by atoms with Crippen LogP contribution in [-0.2, 0) is 4.79 Å². The Balaban J connectivity index is 1.58. The van der Waals surface area contributed by atoms with E-state index in [-0.39, 0.29) is 11.7 Å². The van der Waals surface area contributed by atoms with E-state index in [1.165, 1.54) is 12.1 Å². The quantitative estimate of drug-likeness (QED) is 0.762. The number of hydrogen-bond acceptors (Lipinski definition) is 3. The van der Waals surface area contributed by atoms with Crippen LogP contribution in [0, 0.1) is 5.82 Å². The SMILES string of the molecule is O=C(CCCOc1ccc(F)cc1)NCC1(O)CCCCC1. The molecule has 0 atom stereocenters. The third-order valence-corrected chi connectivity index (χ3v) is 4.03. The minimum absolute atomic E-state index is 0.0679. The molecule has 122 valence electrons. The Kier molecular flexibility index (Phi) is 6.19. The smallest absolute Gasteiger partial charge is 0.220 e. The second-order valence-corrected chi connectivity index (χ2v) is 5.97. The van der Waals surface area contributed by atoms with Crippen LogP contribution in [-0.4, -0.2) is 29.8 Å². The Morgan fingerprint density at radius 1 is 1.23 bits per heavy atom. The highest BCUT2D eigenvalue weighted by molar-refractivity contribution is 5.75. The summed E-state index contributed by atoms with van der Waals surface area (Å²) in [6.07, 6.45) is 5.69. The molecular formula is C17H24FNO3. The lowest BCUT2D eigenvalue weighted by Gasteiger charge is -2.32. The fourth-order valence-electron chi connectivity index (χ4n) is 2.69. The van der Waals surface area contributed by atoms with E-state index in [1.807, 2.05) is 0 Å². The molecule has 1 amide bonds. The average Bonchev–Trinajstić information content (AvgIpc) is 2.52. The molecule has 2 rings (SSSR count). The Labute approximate surface area is 130 Å². The number of halogens is 1. The predicted molar refractivity (Wildman–Crippen MR) is 82.2 cm³/mol. The molecule has 22 heavy (non-hydrogen) atoms. The normalized spacial score (nSPS) is 17.0. The van der Waals surface area contributed by atoms with Crippen molar-refractivity contribution >= 4 is 5.91 Å². The lowest BCUT2D eigenvalue weighted by atomic mass is 9.85. The number of aliphatic hydroxyl groups is 1. The molecule has 0 bridgehead atoms. The zero-order valence-corrected chi connectivity index (χ0v) is 12.8. The first kappa shape index (κ1) is 16.7. The Morgan fingerprint density at radius 3 is 2.59 bits per heavy atom. The molecule has 2 N–H and O–H groups in total. The zero-order chi connectivity index (χ0) is 15.8. The van der Waals surface area contributed by atoms with E-state index in [0.29, 0.717) is 31.7 Å². The number of nitrogens with one attached hydrogen (secondary N) is 1. The lowest BCUT2D eigenvalue weighted by molar-refractivity contribution is -0.123. The van der Waals surface area contributed by atoms with Gasteiger partial charge < -0.3 is 15.2 Å². The van der Waals surface area contributed by atoms with Gasteiger partial charge in [-0.3, -0.25) is 4.79 Å². The number of ether oxygens (including phenoxy) is 1. The van der Waals surface area contributed by atoms with Crippen molar-refractivity contribution in [3.05, 3.63) is 30.1 Å². The van der Waals surface area contributed by atoms with Crippen molar-refractivity contribution in [1.82, 2.24) is 5.32 Å². The van der Waals surface area contributed by atoms with E-state index in [0.717, 1.165) is 32.1 Å². The molecule has 1 aromatic rings. The topological polar surface area (TPSA) is 58.6 Å². The van der Waals surface area contributed by atoms with Crippen LogP contribution >= 0.6 is 0 Å². The van der Waals surface area contributed by atoms with Crippen LogP contribution in [0.2, 0.25) is 0 Å². The van der Waals surface area contributed by atoms with E-state index in [9.17, 15) is 14.3 Å². The van der Waals surface area contributed by atoms with Crippen molar-refractivity contribution in [2.45, 2.75) is 50.5 Å². The van der Waals surface area contributed by atoms with Gasteiger partial charge in [0.15, 0.2) is 0 Å². The fraction of sp³-hybridized carbons (Fsp3) is 0.588. The maximum atomic E-state index is 12.7. The summed E-state index contributed by atoms with van der Waals surface area (Å²) >= 11 is 0. The van der Waals surface area contributed by atoms with Crippen molar-refractivity contribution < 1.29 is 19.0 Å². The van der Waals surface area contributed by atoms with E-state index in [2.05, 4.69) is 5.32 Å². The Bertz CT molecular complexity index is 469. The van der Waals surface area contributed by atoms with Gasteiger partial charge in [-0.15, -0.1) is 0 Å². The number of amides is 1. The molecule has 0 aliphatic heterocycles. The first-order valence-electron chi connectivity index (χ1n) is 7.95. The van der Waals surface area contributed by atoms with Gasteiger partial charge in [0, 0.05) is 13.0 Å². The Hall–Kier alpha value is -1.62. The minimum Gasteiger partial charge on any atom is -0.494 e. The maximum absolute atomic E-state index is 12.7. The summed E-state index contributed by atoms with van der Waals surface area (Å²) in [4.78, 5) is 11.8. The maximum Gasteiger partial charge on any atom is 0.220 e. The summed E-state index contributed by atoms with van der Waals surface area (Å²) in [5, 5.41) is 13.1. The molecule has 1 aromatic carbocycles. The van der Waals surface area contributed by atoms with E-state index < -0.39 is 5.60 Å². The van der Waals surface area contributed by atoms with Crippen molar-refractivity contribution in [3.8, 4) is 5.75 Å². The molecule has 0 radical (unpaired) electrons. The molecule has 1 fully saturated rings. The summed E-state index contributed by atoms with van der Waals surface area (Å²) in [6, 6.07) is 5.81. The minimum atomic E-state index is -0.724. The fourth-order valence-corrected chi connectivity index (χ4v) is 2.69. The van der Waals surface area contributed by atoms with Crippen molar-refractivity contribution in [2.75, 3.05) is 13.2 Å². The van der Waals surface area contributed by atoms with Gasteiger partial charge in [0.2, 0.25) is 5.91 Å². The van der Waals surface area contributed by atoms with Gasteiger partial charge in [-0.1, -0.05) is 19.3 Å². The zero-order valence-electron chi connectivity index (χ0n) is 12.8. The van der Waals surface area contributed by atoms with Gasteiger partial charge in [0.05, 0.1) is 12.2 Å². The standard InChI is InChI=1S/C17H24FNO3/c18-14-6-8-15(9-7-14)22-12-4-5-16(20)19-13-17(21)10-2-1-3-11-17/h6-9,21H,1-5,10-13H2,(H,19,20). The first-order valence-corrected chi connectivity index (χ1v) is 7.95. The van der Waals surface area contributed by atoms with E-state index >= 15 is 0 Å². The van der Waals surface area contributed by atoms with Crippen LogP contribution in [0.1, 0.15) is 44.9 Å². The molecule has 0 heterocycles. The number of carbonyl (C=O) groups is 1. The second kappa shape index (κ2) is 8.13. The number of rotatable bonds is 7. The highest BCUT2D eigenvalue weighted by Gasteiger charge is 2.29. The van der Waals surface area contributed by atoms with Crippen LogP contribution in [0.3, 0.4) is 0 Å². The highest BCUT2D eigenvalue weighted by atomic mass is 19.1. The van der Waals surface area contributed by atoms with E-state index in [4.69, 9.17) is 4.74 Å². The largest absolute Gasteiger partial charge is 0.494 e. The van der Waals surface area contributed by atoms with Crippen LogP contribution < -0.4 is 10.1 Å². The van der Waals surface area contributed by atoms with Gasteiger partial charge in [-0.2, -0.15) is 0 Å². The molecular weight excluding hydrogens is 285 g/mol. The third-order valence-electron chi connectivity index (χ3n) is 4.03. The second-order valence-electron chi connectivity index (χ2n) is 5.97. The van der Waals surface area contributed by atoms with E-state index in [1.54, 1.807) is 12.1 Å². The van der Waals surface area contributed by atoms with Gasteiger partial charge in [0.25, 0.3) is 0 Å². The molecule has 4 nitrogen and oxygen atoms in total. The van der Waals surface area contributed by atoms with Crippen molar-refractivity contribution in [2.24, 2.45) is 0 Å². The summed E-state index contributed by atoms with van der Waals surface area (Å²) in [5.74, 6) is 0.229. The molecule has 1 saturated carbocycles. The summed E-state index contributed by atoms with van der Waals surface area (Å²) < 4.78 is 18.2. The van der Waals surface area contributed by atoms with Crippen molar-refractivity contribution in [1.29, 1.82) is 0 Å². The van der Waals surface area contributed by atoms with Crippen LogP contribution in [0.5, 0.6) is 5.75 Å². The Morgan fingerprint density at radius 2 is 1.91 bits per heavy atom. The van der Waals surface area contributed by atoms with Crippen LogP contribution in [0.15, 0.2) is 24.3 Å². The molecule has 5 heteroatoms. The average molecular weight is 309 g/mol. The number of hydrogen-bond donors (Lipinski definition) is 2. The molecule has 1 aliphatic rings. The monoisotopic (exact) mass is 309 g/mol. The first-order chi connectivity index (χ1) is 10.6. The predicted octanol–water partition coefficient (Wildman–Crippen LogP) is 2.80. The van der Waals surface area contributed by atoms with Crippen LogP contribution in [0.4, 0.5) is 4.39 Å². The molecule has 0 spiro atoms. The van der Waals surface area contributed by atoms with Gasteiger partial charge in [-0.25, -0.2) is 4.39 Å². The summed E-state index contributed by atoms with van der Waals surface area (Å²) in [7, 11) is 0. The summed E-state index contributed by atoms with van der Waals surface area (Å²) in [6.45, 7) is 0.744. The van der Waals surface area contributed by atoms with Gasteiger partial charge in [-0.05, 0) is 43.5 Å². The molecule has 1 aliphatic carbocycles. The third kappa shape index (κ3) is 5.64. The summed E-state index contributed by atoms with van der Waals surface area (Å²) in [5.41, 5.74) is -0.724. The highest BCUT2D eigenvalue weighted by Crippen LogP contribution is 2.27. The van der Waals surface area contributed by atoms with Crippen molar-refractivity contribution in [3.63, 3.8) is 0 Å². The van der Waals surface area contributed by atoms with Gasteiger partial charge >= 0.3 is 0 Å². The van der Waals surface area contributed by atoms with Gasteiger partial charge in [0.1, 0.15) is 11.6 Å². The molecule has 0 aromatic heterocycles. The molecule has 0 saturated heterocycles. The number of carbonyl (C=O) groups excluding carboxylic acids is 1. The number of benzene rings is 1.